The van der Waals surface area contributed by atoms with E-state index in [1.165, 1.54) is 20.5 Å². The van der Waals surface area contributed by atoms with Gasteiger partial charge < -0.3 is 34.4 Å². The van der Waals surface area contributed by atoms with Crippen molar-refractivity contribution in [3.63, 3.8) is 0 Å². The number of carbonyl (C=O) groups excluding carboxylic acids is 4. The zero-order valence-corrected chi connectivity index (χ0v) is 23.5. The van der Waals surface area contributed by atoms with Crippen LogP contribution in [0.15, 0.2) is 6.07 Å². The van der Waals surface area contributed by atoms with Gasteiger partial charge in [0.1, 0.15) is 6.04 Å². The van der Waals surface area contributed by atoms with Gasteiger partial charge in [0, 0.05) is 38.7 Å². The van der Waals surface area contributed by atoms with Crippen LogP contribution in [0, 0.1) is 0 Å². The first-order chi connectivity index (χ1) is 19.0. The fraction of sp³-hybridized carbons (Fsp3) is 0.692. The van der Waals surface area contributed by atoms with Crippen molar-refractivity contribution in [1.82, 2.24) is 24.9 Å². The Labute approximate surface area is 232 Å². The van der Waals surface area contributed by atoms with Gasteiger partial charge in [0.25, 0.3) is 5.91 Å². The molecule has 0 radical (unpaired) electrons. The van der Waals surface area contributed by atoms with E-state index in [0.29, 0.717) is 12.8 Å². The molecule has 14 heteroatoms. The normalized spacial score (nSPS) is 17.0. The van der Waals surface area contributed by atoms with Crippen molar-refractivity contribution in [1.29, 1.82) is 0 Å². The van der Waals surface area contributed by atoms with Crippen LogP contribution in [0.5, 0.6) is 5.88 Å². The number of nitrogens with one attached hydrogen (secondary N) is 1. The Kier molecular flexibility index (Phi) is 10.3. The second-order valence-electron chi connectivity index (χ2n) is 10.0. The molecule has 1 atom stereocenters. The molecule has 222 valence electrons. The largest absolute Gasteiger partial charge is 0.481 e. The molecular weight excluding hydrogens is 526 g/mol. The number of hydrogen-bond acceptors (Lipinski definition) is 9. The summed E-state index contributed by atoms with van der Waals surface area (Å²) >= 11 is 0. The molecule has 2 heterocycles. The average molecular weight is 566 g/mol. The van der Waals surface area contributed by atoms with Gasteiger partial charge in [-0.25, -0.2) is 14.3 Å². The van der Waals surface area contributed by atoms with Crippen LogP contribution < -0.4 is 10.1 Å². The number of aliphatic carboxylic acids is 1. The summed E-state index contributed by atoms with van der Waals surface area (Å²) < 4.78 is 17.8. The number of aromatic nitrogens is 2. The summed E-state index contributed by atoms with van der Waals surface area (Å²) in [5.41, 5.74) is -1.18. The Morgan fingerprint density at radius 2 is 1.65 bits per heavy atom. The molecule has 1 saturated heterocycles. The standard InChI is InChI=1S/C26H39N5O9/c1-5-38-24(36)26(10-7-11-26)40-20-16-19(28-31(20)17(3)4)22(34)27-18(8-9-21(32)33)23(35)29-12-14-30(15-13-29)25(37)39-6-2/h16-18H,5-15H2,1-4H3,(H,27,34)(H,32,33). The molecule has 2 aliphatic rings. The predicted octanol–water partition coefficient (Wildman–Crippen LogP) is 1.59. The van der Waals surface area contributed by atoms with E-state index in [1.54, 1.807) is 13.8 Å². The Bertz CT molecular complexity index is 1090. The van der Waals surface area contributed by atoms with E-state index in [2.05, 4.69) is 10.4 Å². The maximum atomic E-state index is 13.3. The number of nitrogens with zero attached hydrogens (tertiary/aromatic N) is 4. The molecule has 1 aromatic heterocycles. The number of piperazine rings is 1. The van der Waals surface area contributed by atoms with E-state index in [1.807, 2.05) is 13.8 Å². The average Bonchev–Trinajstić information content (AvgIpc) is 3.32. The van der Waals surface area contributed by atoms with Crippen molar-refractivity contribution in [2.45, 2.75) is 77.5 Å². The minimum absolute atomic E-state index is 0.0395. The number of ether oxygens (including phenoxy) is 3. The fourth-order valence-corrected chi connectivity index (χ4v) is 4.54. The Hall–Kier alpha value is -3.84. The highest BCUT2D eigenvalue weighted by Gasteiger charge is 2.49. The minimum Gasteiger partial charge on any atom is -0.481 e. The van der Waals surface area contributed by atoms with Gasteiger partial charge in [0.05, 0.1) is 19.3 Å². The molecule has 1 aromatic rings. The van der Waals surface area contributed by atoms with Crippen molar-refractivity contribution in [3.05, 3.63) is 11.8 Å². The van der Waals surface area contributed by atoms with Crippen molar-refractivity contribution in [2.24, 2.45) is 0 Å². The third-order valence-corrected chi connectivity index (χ3v) is 6.90. The molecule has 3 amide bonds. The molecular formula is C26H39N5O9. The number of hydrogen-bond donors (Lipinski definition) is 2. The van der Waals surface area contributed by atoms with Crippen LogP contribution in [0.25, 0.3) is 0 Å². The third-order valence-electron chi connectivity index (χ3n) is 6.90. The smallest absolute Gasteiger partial charge is 0.409 e. The van der Waals surface area contributed by atoms with Crippen LogP contribution in [0.4, 0.5) is 4.79 Å². The summed E-state index contributed by atoms with van der Waals surface area (Å²) in [7, 11) is 0. The van der Waals surface area contributed by atoms with Gasteiger partial charge in [0.2, 0.25) is 17.4 Å². The SMILES string of the molecule is CCOC(=O)N1CCN(C(=O)C(CCC(=O)O)NC(=O)c2cc(OC3(C(=O)OCC)CCC3)n(C(C)C)n2)CC1. The van der Waals surface area contributed by atoms with Gasteiger partial charge in [-0.05, 0) is 53.4 Å². The first-order valence-corrected chi connectivity index (χ1v) is 13.7. The van der Waals surface area contributed by atoms with Crippen LogP contribution >= 0.6 is 0 Å². The third kappa shape index (κ3) is 7.21. The number of carbonyl (C=O) groups is 5. The highest BCUT2D eigenvalue weighted by atomic mass is 16.6. The summed E-state index contributed by atoms with van der Waals surface area (Å²) in [6.07, 6.45) is 0.825. The predicted molar refractivity (Wildman–Crippen MR) is 140 cm³/mol. The van der Waals surface area contributed by atoms with Crippen LogP contribution in [0.3, 0.4) is 0 Å². The van der Waals surface area contributed by atoms with Crippen molar-refractivity contribution in [2.75, 3.05) is 39.4 Å². The van der Waals surface area contributed by atoms with Gasteiger partial charge >= 0.3 is 18.0 Å². The number of amides is 3. The highest BCUT2D eigenvalue weighted by molar-refractivity contribution is 5.96. The zero-order valence-electron chi connectivity index (χ0n) is 23.5. The topological polar surface area (TPSA) is 170 Å². The Morgan fingerprint density at radius 3 is 2.17 bits per heavy atom. The summed E-state index contributed by atoms with van der Waals surface area (Å²) in [6.45, 7) is 8.50. The van der Waals surface area contributed by atoms with Gasteiger partial charge in [-0.2, -0.15) is 5.10 Å². The van der Waals surface area contributed by atoms with Crippen molar-refractivity contribution >= 4 is 29.8 Å². The quantitative estimate of drug-likeness (QED) is 0.355. The van der Waals surface area contributed by atoms with Crippen molar-refractivity contribution in [3.8, 4) is 5.88 Å². The Morgan fingerprint density at radius 1 is 1.02 bits per heavy atom. The second-order valence-corrected chi connectivity index (χ2v) is 10.0. The molecule has 0 aromatic carbocycles. The van der Waals surface area contributed by atoms with Gasteiger partial charge in [0.15, 0.2) is 5.69 Å². The summed E-state index contributed by atoms with van der Waals surface area (Å²) in [4.78, 5) is 65.4. The van der Waals surface area contributed by atoms with E-state index >= 15 is 0 Å². The van der Waals surface area contributed by atoms with Gasteiger partial charge in [-0.1, -0.05) is 0 Å². The number of esters is 1. The fourth-order valence-electron chi connectivity index (χ4n) is 4.54. The first-order valence-electron chi connectivity index (χ1n) is 13.7. The maximum absolute atomic E-state index is 13.3. The van der Waals surface area contributed by atoms with E-state index in [9.17, 15) is 29.1 Å². The molecule has 14 nitrogen and oxygen atoms in total. The lowest BCUT2D eigenvalue weighted by atomic mass is 9.80. The molecule has 1 aliphatic carbocycles. The molecule has 0 bridgehead atoms. The van der Waals surface area contributed by atoms with Gasteiger partial charge in [-0.15, -0.1) is 0 Å². The summed E-state index contributed by atoms with van der Waals surface area (Å²) in [5.74, 6) is -2.49. The summed E-state index contributed by atoms with van der Waals surface area (Å²) in [6, 6.07) is 0.0747. The van der Waals surface area contributed by atoms with Crippen LogP contribution in [0.2, 0.25) is 0 Å². The first kappa shape index (κ1) is 30.7. The van der Waals surface area contributed by atoms with Crippen LogP contribution in [0.1, 0.15) is 76.3 Å². The lowest BCUT2D eigenvalue weighted by Gasteiger charge is -2.38. The highest BCUT2D eigenvalue weighted by Crippen LogP contribution is 2.38. The molecule has 1 saturated carbocycles. The lowest BCUT2D eigenvalue weighted by molar-refractivity contribution is -0.170. The molecule has 2 N–H and O–H groups in total. The molecule has 3 rings (SSSR count). The molecule has 1 unspecified atom stereocenters. The maximum Gasteiger partial charge on any atom is 0.409 e. The molecule has 0 spiro atoms. The summed E-state index contributed by atoms with van der Waals surface area (Å²) in [5, 5.41) is 16.2. The second kappa shape index (κ2) is 13.5. The number of carboxylic acids is 1. The zero-order chi connectivity index (χ0) is 29.4. The van der Waals surface area contributed by atoms with Crippen LogP contribution in [-0.2, 0) is 23.9 Å². The molecule has 40 heavy (non-hydrogen) atoms. The number of carboxylic acid groups (broad SMARTS) is 1. The minimum atomic E-state index is -1.14. The monoisotopic (exact) mass is 565 g/mol. The molecule has 2 fully saturated rings. The van der Waals surface area contributed by atoms with E-state index in [0.717, 1.165) is 6.42 Å². The van der Waals surface area contributed by atoms with Gasteiger partial charge in [-0.3, -0.25) is 14.4 Å². The number of rotatable bonds is 12. The van der Waals surface area contributed by atoms with E-state index in [-0.39, 0.29) is 69.9 Å². The van der Waals surface area contributed by atoms with E-state index in [4.69, 9.17) is 14.2 Å². The lowest BCUT2D eigenvalue weighted by Crippen LogP contribution is -2.56. The van der Waals surface area contributed by atoms with E-state index < -0.39 is 41.5 Å². The Balaban J connectivity index is 1.74. The van der Waals surface area contributed by atoms with Crippen molar-refractivity contribution < 1.29 is 43.3 Å². The molecule has 1 aliphatic heterocycles. The van der Waals surface area contributed by atoms with Crippen LogP contribution in [-0.4, -0.2) is 106 Å².